The molecule has 1 fully saturated rings. The van der Waals surface area contributed by atoms with Gasteiger partial charge in [0, 0.05) is 12.5 Å². The predicted molar refractivity (Wildman–Crippen MR) is 96.5 cm³/mol. The topological polar surface area (TPSA) is 49.8 Å². The number of amides is 1. The highest BCUT2D eigenvalue weighted by molar-refractivity contribution is 5.79. The number of hydrogen-bond donors (Lipinski definition) is 1. The summed E-state index contributed by atoms with van der Waals surface area (Å²) in [6.07, 6.45) is 2.57. The molecule has 2 aromatic carbocycles. The number of nitrogens with zero attached hydrogens (tertiary/aromatic N) is 1. The van der Waals surface area contributed by atoms with Gasteiger partial charge >= 0.3 is 6.09 Å². The van der Waals surface area contributed by atoms with Gasteiger partial charge < -0.3 is 14.7 Å². The number of carbonyl (C=O) groups excluding carboxylic acids is 1. The normalized spacial score (nSPS) is 19.4. The van der Waals surface area contributed by atoms with Gasteiger partial charge in [-0.05, 0) is 41.5 Å². The van der Waals surface area contributed by atoms with Gasteiger partial charge in [0.25, 0.3) is 0 Å². The van der Waals surface area contributed by atoms with Crippen LogP contribution in [0.15, 0.2) is 48.5 Å². The average molecular weight is 337 g/mol. The SMILES string of the molecule is O=C(OCC1c2ccccc2-c2ccccc21)N1CCCC[C@@H]1CO. The maximum Gasteiger partial charge on any atom is 0.410 e. The fourth-order valence-corrected chi connectivity index (χ4v) is 4.11. The van der Waals surface area contributed by atoms with E-state index >= 15 is 0 Å². The van der Waals surface area contributed by atoms with Crippen LogP contribution in [-0.4, -0.2) is 41.9 Å². The molecule has 0 spiro atoms. The lowest BCUT2D eigenvalue weighted by Gasteiger charge is -2.34. The van der Waals surface area contributed by atoms with Gasteiger partial charge in [-0.15, -0.1) is 0 Å². The summed E-state index contributed by atoms with van der Waals surface area (Å²) in [6.45, 7) is 1.01. The number of likely N-dealkylation sites (tertiary alicyclic amines) is 1. The molecule has 0 saturated carbocycles. The third-order valence-electron chi connectivity index (χ3n) is 5.41. The van der Waals surface area contributed by atoms with Gasteiger partial charge in [-0.3, -0.25) is 0 Å². The van der Waals surface area contributed by atoms with Crippen LogP contribution < -0.4 is 0 Å². The molecule has 1 aliphatic heterocycles. The molecule has 0 unspecified atom stereocenters. The molecule has 4 rings (SSSR count). The van der Waals surface area contributed by atoms with E-state index in [0.717, 1.165) is 19.3 Å². The average Bonchev–Trinajstić information content (AvgIpc) is 3.00. The zero-order valence-electron chi connectivity index (χ0n) is 14.2. The van der Waals surface area contributed by atoms with Gasteiger partial charge in [0.15, 0.2) is 0 Å². The van der Waals surface area contributed by atoms with Crippen molar-refractivity contribution in [1.82, 2.24) is 4.90 Å². The molecule has 1 aliphatic carbocycles. The molecule has 0 bridgehead atoms. The molecule has 130 valence electrons. The van der Waals surface area contributed by atoms with Crippen LogP contribution in [0, 0.1) is 0 Å². The minimum absolute atomic E-state index is 0.00416. The van der Waals surface area contributed by atoms with Crippen LogP contribution in [0.2, 0.25) is 0 Å². The van der Waals surface area contributed by atoms with Crippen LogP contribution in [0.5, 0.6) is 0 Å². The first kappa shape index (κ1) is 16.2. The van der Waals surface area contributed by atoms with Gasteiger partial charge in [-0.25, -0.2) is 4.79 Å². The number of aliphatic hydroxyl groups is 1. The molecule has 1 amide bonds. The van der Waals surface area contributed by atoms with E-state index < -0.39 is 0 Å². The predicted octanol–water partition coefficient (Wildman–Crippen LogP) is 3.78. The van der Waals surface area contributed by atoms with Crippen LogP contribution in [0.1, 0.15) is 36.3 Å². The second-order valence-electron chi connectivity index (χ2n) is 6.83. The van der Waals surface area contributed by atoms with Crippen LogP contribution in [-0.2, 0) is 4.74 Å². The highest BCUT2D eigenvalue weighted by Gasteiger charge is 2.31. The third kappa shape index (κ3) is 2.91. The number of aliphatic hydroxyl groups excluding tert-OH is 1. The van der Waals surface area contributed by atoms with Crippen molar-refractivity contribution in [2.24, 2.45) is 0 Å². The molecule has 1 atom stereocenters. The molecule has 0 aromatic heterocycles. The number of rotatable bonds is 3. The Morgan fingerprint density at radius 2 is 1.68 bits per heavy atom. The first-order valence-corrected chi connectivity index (χ1v) is 9.02. The van der Waals surface area contributed by atoms with Crippen molar-refractivity contribution in [3.63, 3.8) is 0 Å². The number of ether oxygens (including phenoxy) is 1. The Morgan fingerprint density at radius 3 is 2.32 bits per heavy atom. The lowest BCUT2D eigenvalue weighted by atomic mass is 9.98. The minimum atomic E-state index is -0.305. The molecule has 2 aliphatic rings. The second kappa shape index (κ2) is 6.89. The Balaban J connectivity index is 1.52. The highest BCUT2D eigenvalue weighted by Crippen LogP contribution is 2.44. The van der Waals surface area contributed by atoms with Gasteiger partial charge in [-0.2, -0.15) is 0 Å². The fraction of sp³-hybridized carbons (Fsp3) is 0.381. The molecular weight excluding hydrogens is 314 g/mol. The van der Waals surface area contributed by atoms with E-state index in [1.807, 2.05) is 24.3 Å². The van der Waals surface area contributed by atoms with E-state index in [9.17, 15) is 9.90 Å². The van der Waals surface area contributed by atoms with Gasteiger partial charge in [-0.1, -0.05) is 48.5 Å². The molecule has 2 aromatic rings. The number of carbonyl (C=O) groups is 1. The lowest BCUT2D eigenvalue weighted by Crippen LogP contribution is -2.46. The molecular formula is C21H23NO3. The Morgan fingerprint density at radius 1 is 1.04 bits per heavy atom. The van der Waals surface area contributed by atoms with E-state index in [1.165, 1.54) is 22.3 Å². The van der Waals surface area contributed by atoms with Gasteiger partial charge in [0.2, 0.25) is 0 Å². The van der Waals surface area contributed by atoms with Crippen LogP contribution >= 0.6 is 0 Å². The van der Waals surface area contributed by atoms with Gasteiger partial charge in [0.05, 0.1) is 12.6 Å². The van der Waals surface area contributed by atoms with Crippen molar-refractivity contribution in [1.29, 1.82) is 0 Å². The Labute approximate surface area is 148 Å². The quantitative estimate of drug-likeness (QED) is 0.927. The van der Waals surface area contributed by atoms with Crippen molar-refractivity contribution in [3.8, 4) is 11.1 Å². The maximum atomic E-state index is 12.5. The molecule has 25 heavy (non-hydrogen) atoms. The van der Waals surface area contributed by atoms with Gasteiger partial charge in [0.1, 0.15) is 6.61 Å². The molecule has 1 saturated heterocycles. The minimum Gasteiger partial charge on any atom is -0.448 e. The van der Waals surface area contributed by atoms with Crippen molar-refractivity contribution in [2.45, 2.75) is 31.2 Å². The summed E-state index contributed by atoms with van der Waals surface area (Å²) in [5, 5.41) is 9.50. The fourth-order valence-electron chi connectivity index (χ4n) is 4.11. The Hall–Kier alpha value is -2.33. The summed E-state index contributed by atoms with van der Waals surface area (Å²) in [6, 6.07) is 16.5. The first-order valence-electron chi connectivity index (χ1n) is 9.02. The monoisotopic (exact) mass is 337 g/mol. The largest absolute Gasteiger partial charge is 0.448 e. The van der Waals surface area contributed by atoms with E-state index in [4.69, 9.17) is 4.74 Å². The number of piperidine rings is 1. The first-order chi connectivity index (χ1) is 12.3. The Kier molecular flexibility index (Phi) is 4.45. The summed E-state index contributed by atoms with van der Waals surface area (Å²) in [5.74, 6) is 0.0775. The summed E-state index contributed by atoms with van der Waals surface area (Å²) < 4.78 is 5.69. The molecule has 1 N–H and O–H groups in total. The summed E-state index contributed by atoms with van der Waals surface area (Å²) in [4.78, 5) is 14.2. The van der Waals surface area contributed by atoms with E-state index in [-0.39, 0.29) is 24.7 Å². The molecule has 4 heteroatoms. The number of hydrogen-bond acceptors (Lipinski definition) is 3. The zero-order chi connectivity index (χ0) is 17.2. The maximum absolute atomic E-state index is 12.5. The van der Waals surface area contributed by atoms with Crippen LogP contribution in [0.4, 0.5) is 4.79 Å². The molecule has 4 nitrogen and oxygen atoms in total. The smallest absolute Gasteiger partial charge is 0.410 e. The zero-order valence-corrected chi connectivity index (χ0v) is 14.2. The number of fused-ring (bicyclic) bond motifs is 3. The summed E-state index contributed by atoms with van der Waals surface area (Å²) >= 11 is 0. The van der Waals surface area contributed by atoms with E-state index in [1.54, 1.807) is 4.90 Å². The third-order valence-corrected chi connectivity index (χ3v) is 5.41. The Bertz CT molecular complexity index is 728. The van der Waals surface area contributed by atoms with Crippen molar-refractivity contribution in [2.75, 3.05) is 19.8 Å². The standard InChI is InChI=1S/C21H23NO3/c23-13-15-7-5-6-12-22(15)21(24)25-14-20-18-10-3-1-8-16(18)17-9-2-4-11-19(17)20/h1-4,8-11,15,20,23H,5-7,12-14H2/t15-/m1/s1. The molecule has 1 heterocycles. The van der Waals surface area contributed by atoms with E-state index in [0.29, 0.717) is 13.2 Å². The van der Waals surface area contributed by atoms with Crippen molar-refractivity contribution >= 4 is 6.09 Å². The second-order valence-corrected chi connectivity index (χ2v) is 6.83. The van der Waals surface area contributed by atoms with Crippen LogP contribution in [0.25, 0.3) is 11.1 Å². The lowest BCUT2D eigenvalue weighted by molar-refractivity contribution is 0.0525. The summed E-state index contributed by atoms with van der Waals surface area (Å²) in [5.41, 5.74) is 4.89. The molecule has 0 radical (unpaired) electrons. The van der Waals surface area contributed by atoms with Crippen molar-refractivity contribution < 1.29 is 14.6 Å². The summed E-state index contributed by atoms with van der Waals surface area (Å²) in [7, 11) is 0. The van der Waals surface area contributed by atoms with Crippen LogP contribution in [0.3, 0.4) is 0 Å². The van der Waals surface area contributed by atoms with E-state index in [2.05, 4.69) is 24.3 Å². The highest BCUT2D eigenvalue weighted by atomic mass is 16.6. The number of benzene rings is 2. The van der Waals surface area contributed by atoms with Crippen molar-refractivity contribution in [3.05, 3.63) is 59.7 Å².